The minimum Gasteiger partial charge on any atom is -0.267 e. The molecule has 0 aliphatic carbocycles. The van der Waals surface area contributed by atoms with E-state index in [0.29, 0.717) is 11.1 Å². The molecule has 0 aliphatic heterocycles. The van der Waals surface area contributed by atoms with Crippen molar-refractivity contribution in [3.8, 4) is 0 Å². The van der Waals surface area contributed by atoms with Crippen molar-refractivity contribution in [3.63, 3.8) is 0 Å². The Balaban J connectivity index is 2.05. The molecule has 0 aromatic heterocycles. The van der Waals surface area contributed by atoms with Crippen LogP contribution in [0, 0.1) is 24.0 Å². The average Bonchev–Trinajstić information content (AvgIpc) is 2.52. The van der Waals surface area contributed by atoms with Gasteiger partial charge >= 0.3 is 0 Å². The third kappa shape index (κ3) is 3.70. The smallest absolute Gasteiger partial charge is 0.267 e. The summed E-state index contributed by atoms with van der Waals surface area (Å²) in [5.41, 5.74) is 6.37. The summed E-state index contributed by atoms with van der Waals surface area (Å²) in [6.07, 6.45) is 0. The van der Waals surface area contributed by atoms with Crippen LogP contribution in [0.2, 0.25) is 0 Å². The van der Waals surface area contributed by atoms with E-state index in [1.54, 1.807) is 32.0 Å². The van der Waals surface area contributed by atoms with E-state index >= 15 is 0 Å². The zero-order valence-electron chi connectivity index (χ0n) is 12.6. The van der Waals surface area contributed by atoms with Crippen molar-refractivity contribution >= 4 is 17.5 Å². The SMILES string of the molecule is Cc1ccccc1C(=O)NNC(=O)c1ccc([N+](=O)[O-])c(C)c1. The number of rotatable bonds is 3. The van der Waals surface area contributed by atoms with Crippen LogP contribution >= 0.6 is 0 Å². The van der Waals surface area contributed by atoms with Gasteiger partial charge in [0, 0.05) is 22.8 Å². The van der Waals surface area contributed by atoms with Crippen molar-refractivity contribution in [2.24, 2.45) is 0 Å². The van der Waals surface area contributed by atoms with Crippen molar-refractivity contribution in [1.82, 2.24) is 10.9 Å². The molecule has 23 heavy (non-hydrogen) atoms. The first-order chi connectivity index (χ1) is 10.9. The van der Waals surface area contributed by atoms with Gasteiger partial charge in [-0.1, -0.05) is 18.2 Å². The molecule has 0 saturated carbocycles. The van der Waals surface area contributed by atoms with Gasteiger partial charge in [-0.15, -0.1) is 0 Å². The van der Waals surface area contributed by atoms with Gasteiger partial charge < -0.3 is 0 Å². The minimum atomic E-state index is -0.551. The molecule has 0 saturated heterocycles. The molecule has 2 rings (SSSR count). The Labute approximate surface area is 132 Å². The molecule has 0 aliphatic rings. The number of nitro benzene ring substituents is 1. The molecule has 0 atom stereocenters. The summed E-state index contributed by atoms with van der Waals surface area (Å²) in [6, 6.07) is 11.0. The first kappa shape index (κ1) is 16.2. The molecule has 2 N–H and O–H groups in total. The highest BCUT2D eigenvalue weighted by molar-refractivity contribution is 5.99. The fourth-order valence-corrected chi connectivity index (χ4v) is 2.08. The molecule has 2 aromatic rings. The lowest BCUT2D eigenvalue weighted by molar-refractivity contribution is -0.385. The summed E-state index contributed by atoms with van der Waals surface area (Å²) in [5.74, 6) is -0.986. The van der Waals surface area contributed by atoms with Crippen molar-refractivity contribution in [2.45, 2.75) is 13.8 Å². The fraction of sp³-hybridized carbons (Fsp3) is 0.125. The van der Waals surface area contributed by atoms with Crippen LogP contribution in [-0.2, 0) is 0 Å². The predicted molar refractivity (Wildman–Crippen MR) is 83.9 cm³/mol. The summed E-state index contributed by atoms with van der Waals surface area (Å²) < 4.78 is 0. The third-order valence-corrected chi connectivity index (χ3v) is 3.33. The Morgan fingerprint density at radius 2 is 1.61 bits per heavy atom. The van der Waals surface area contributed by atoms with Crippen LogP contribution in [-0.4, -0.2) is 16.7 Å². The van der Waals surface area contributed by atoms with Crippen LogP contribution < -0.4 is 10.9 Å². The number of nitrogens with zero attached hydrogens (tertiary/aromatic N) is 1. The lowest BCUT2D eigenvalue weighted by Gasteiger charge is -2.09. The number of amides is 2. The van der Waals surface area contributed by atoms with Crippen LogP contribution in [0.4, 0.5) is 5.69 Å². The van der Waals surface area contributed by atoms with E-state index in [2.05, 4.69) is 10.9 Å². The molecule has 118 valence electrons. The van der Waals surface area contributed by atoms with Gasteiger partial charge in [0.25, 0.3) is 17.5 Å². The van der Waals surface area contributed by atoms with Gasteiger partial charge in [0.05, 0.1) is 4.92 Å². The highest BCUT2D eigenvalue weighted by Crippen LogP contribution is 2.18. The van der Waals surface area contributed by atoms with Crippen molar-refractivity contribution in [3.05, 3.63) is 74.8 Å². The maximum Gasteiger partial charge on any atom is 0.272 e. The van der Waals surface area contributed by atoms with E-state index in [0.717, 1.165) is 5.56 Å². The Morgan fingerprint density at radius 1 is 0.957 bits per heavy atom. The Kier molecular flexibility index (Phi) is 4.70. The molecule has 0 bridgehead atoms. The number of hydrogen-bond donors (Lipinski definition) is 2. The normalized spacial score (nSPS) is 10.0. The summed E-state index contributed by atoms with van der Waals surface area (Å²) >= 11 is 0. The van der Waals surface area contributed by atoms with Gasteiger partial charge in [0.1, 0.15) is 0 Å². The molecule has 0 spiro atoms. The van der Waals surface area contributed by atoms with E-state index in [9.17, 15) is 19.7 Å². The lowest BCUT2D eigenvalue weighted by Crippen LogP contribution is -2.41. The molecule has 0 radical (unpaired) electrons. The molecular formula is C16H15N3O4. The largest absolute Gasteiger partial charge is 0.272 e. The van der Waals surface area contributed by atoms with Gasteiger partial charge in [0.15, 0.2) is 0 Å². The highest BCUT2D eigenvalue weighted by atomic mass is 16.6. The number of aryl methyl sites for hydroxylation is 2. The second-order valence-electron chi connectivity index (χ2n) is 4.98. The number of nitro groups is 1. The van der Waals surface area contributed by atoms with Crippen LogP contribution in [0.1, 0.15) is 31.8 Å². The van der Waals surface area contributed by atoms with Gasteiger partial charge in [-0.05, 0) is 37.6 Å². The summed E-state index contributed by atoms with van der Waals surface area (Å²) in [7, 11) is 0. The number of carbonyl (C=O) groups excluding carboxylic acids is 2. The van der Waals surface area contributed by atoms with Crippen molar-refractivity contribution in [1.29, 1.82) is 0 Å². The monoisotopic (exact) mass is 313 g/mol. The fourth-order valence-electron chi connectivity index (χ4n) is 2.08. The van der Waals surface area contributed by atoms with E-state index in [-0.39, 0.29) is 11.3 Å². The van der Waals surface area contributed by atoms with Gasteiger partial charge in [-0.3, -0.25) is 30.6 Å². The van der Waals surface area contributed by atoms with Crippen molar-refractivity contribution in [2.75, 3.05) is 0 Å². The second-order valence-corrected chi connectivity index (χ2v) is 4.98. The minimum absolute atomic E-state index is 0.0644. The molecule has 2 aromatic carbocycles. The molecular weight excluding hydrogens is 298 g/mol. The van der Waals surface area contributed by atoms with Gasteiger partial charge in [-0.2, -0.15) is 0 Å². The van der Waals surface area contributed by atoms with E-state index in [1.165, 1.54) is 18.2 Å². The molecule has 0 fully saturated rings. The number of nitrogens with one attached hydrogen (secondary N) is 2. The average molecular weight is 313 g/mol. The number of hydrazine groups is 1. The Bertz CT molecular complexity index is 787. The van der Waals surface area contributed by atoms with Crippen LogP contribution in [0.25, 0.3) is 0 Å². The van der Waals surface area contributed by atoms with Crippen LogP contribution in [0.3, 0.4) is 0 Å². The predicted octanol–water partition coefficient (Wildman–Crippen LogP) is 2.29. The first-order valence-electron chi connectivity index (χ1n) is 6.81. The van der Waals surface area contributed by atoms with Crippen molar-refractivity contribution < 1.29 is 14.5 Å². The zero-order chi connectivity index (χ0) is 17.0. The van der Waals surface area contributed by atoms with E-state index < -0.39 is 16.7 Å². The molecule has 2 amide bonds. The number of carbonyl (C=O) groups is 2. The molecule has 0 heterocycles. The van der Waals surface area contributed by atoms with E-state index in [1.807, 2.05) is 6.07 Å². The quantitative estimate of drug-likeness (QED) is 0.670. The van der Waals surface area contributed by atoms with Gasteiger partial charge in [-0.25, -0.2) is 0 Å². The standard InChI is InChI=1S/C16H15N3O4/c1-10-5-3-4-6-13(10)16(21)18-17-15(20)12-7-8-14(19(22)23)11(2)9-12/h3-9H,1-2H3,(H,17,20)(H,18,21). The second kappa shape index (κ2) is 6.69. The topological polar surface area (TPSA) is 101 Å². The Hall–Kier alpha value is -3.22. The third-order valence-electron chi connectivity index (χ3n) is 3.33. The summed E-state index contributed by atoms with van der Waals surface area (Å²) in [5, 5.41) is 10.8. The Morgan fingerprint density at radius 3 is 2.22 bits per heavy atom. The first-order valence-corrected chi connectivity index (χ1v) is 6.81. The zero-order valence-corrected chi connectivity index (χ0v) is 12.6. The highest BCUT2D eigenvalue weighted by Gasteiger charge is 2.15. The maximum atomic E-state index is 12.0. The number of benzene rings is 2. The van der Waals surface area contributed by atoms with Crippen LogP contribution in [0.5, 0.6) is 0 Å². The van der Waals surface area contributed by atoms with E-state index in [4.69, 9.17) is 0 Å². The molecule has 7 nitrogen and oxygen atoms in total. The number of hydrogen-bond acceptors (Lipinski definition) is 4. The van der Waals surface area contributed by atoms with Crippen LogP contribution in [0.15, 0.2) is 42.5 Å². The summed E-state index contributed by atoms with van der Waals surface area (Å²) in [6.45, 7) is 3.33. The molecule has 0 unspecified atom stereocenters. The lowest BCUT2D eigenvalue weighted by atomic mass is 10.1. The molecule has 7 heteroatoms. The maximum absolute atomic E-state index is 12.0. The summed E-state index contributed by atoms with van der Waals surface area (Å²) in [4.78, 5) is 34.2. The van der Waals surface area contributed by atoms with Gasteiger partial charge in [0.2, 0.25) is 0 Å².